The molecule has 1 aliphatic rings. The number of ketones is 1. The number of nitrogens with zero attached hydrogens (tertiary/aromatic N) is 1. The van der Waals surface area contributed by atoms with Gasteiger partial charge in [0.2, 0.25) is 0 Å². The van der Waals surface area contributed by atoms with Gasteiger partial charge in [-0.15, -0.1) is 0 Å². The fourth-order valence-electron chi connectivity index (χ4n) is 3.20. The lowest BCUT2D eigenvalue weighted by atomic mass is 10.0. The van der Waals surface area contributed by atoms with Gasteiger partial charge in [0.25, 0.3) is 0 Å². The molecule has 0 aliphatic carbocycles. The van der Waals surface area contributed by atoms with Gasteiger partial charge >= 0.3 is 0 Å². The van der Waals surface area contributed by atoms with E-state index in [1.54, 1.807) is 19.9 Å². The predicted octanol–water partition coefficient (Wildman–Crippen LogP) is 1.73. The lowest BCUT2D eigenvalue weighted by Crippen LogP contribution is -2.36. The van der Waals surface area contributed by atoms with Crippen LogP contribution < -0.4 is 10.0 Å². The van der Waals surface area contributed by atoms with E-state index in [1.807, 2.05) is 24.3 Å². The Bertz CT molecular complexity index is 843. The molecule has 26 heavy (non-hydrogen) atoms. The molecule has 2 heterocycles. The highest BCUT2D eigenvalue weighted by atomic mass is 16.5. The molecule has 0 unspecified atom stereocenters. The first-order valence-electron chi connectivity index (χ1n) is 8.53. The molecule has 0 spiro atoms. The molecule has 1 saturated heterocycles. The maximum absolute atomic E-state index is 12.5. The minimum absolute atomic E-state index is 0.0471. The van der Waals surface area contributed by atoms with Gasteiger partial charge in [-0.1, -0.05) is 18.2 Å². The fraction of sp³-hybridized carbons (Fsp3) is 0.300. The Morgan fingerprint density at radius 3 is 2.38 bits per heavy atom. The topological polar surface area (TPSA) is 85.5 Å². The molecular weight excluding hydrogens is 332 g/mol. The van der Waals surface area contributed by atoms with Crippen molar-refractivity contribution in [3.63, 3.8) is 0 Å². The summed E-state index contributed by atoms with van der Waals surface area (Å²) in [7, 11) is 0. The SMILES string of the molecule is Cc1[nH]c(C(=O)[O-])c(C)c1C(=O)/C=C/c1ccc(N2CCOCC2)cc1. The van der Waals surface area contributed by atoms with E-state index >= 15 is 0 Å². The van der Waals surface area contributed by atoms with E-state index in [2.05, 4.69) is 9.88 Å². The van der Waals surface area contributed by atoms with Crippen molar-refractivity contribution in [2.75, 3.05) is 31.2 Å². The number of carbonyl (C=O) groups is 2. The molecular formula is C20H21N2O4-. The highest BCUT2D eigenvalue weighted by molar-refractivity contribution is 6.10. The van der Waals surface area contributed by atoms with Gasteiger partial charge in [0.15, 0.2) is 5.78 Å². The summed E-state index contributed by atoms with van der Waals surface area (Å²) in [6, 6.07) is 7.96. The summed E-state index contributed by atoms with van der Waals surface area (Å²) in [5, 5.41) is 11.1. The van der Waals surface area contributed by atoms with Crippen LogP contribution in [0.1, 0.15) is 37.7 Å². The van der Waals surface area contributed by atoms with Gasteiger partial charge in [-0.2, -0.15) is 0 Å². The molecule has 0 saturated carbocycles. The first kappa shape index (κ1) is 17.9. The van der Waals surface area contributed by atoms with Crippen LogP contribution in [-0.4, -0.2) is 43.0 Å². The maximum atomic E-state index is 12.5. The first-order chi connectivity index (χ1) is 12.5. The average Bonchev–Trinajstić information content (AvgIpc) is 2.95. The summed E-state index contributed by atoms with van der Waals surface area (Å²) in [5.74, 6) is -1.55. The highest BCUT2D eigenvalue weighted by Crippen LogP contribution is 2.20. The monoisotopic (exact) mass is 353 g/mol. The highest BCUT2D eigenvalue weighted by Gasteiger charge is 2.16. The number of carbonyl (C=O) groups excluding carboxylic acids is 2. The maximum Gasteiger partial charge on any atom is 0.187 e. The van der Waals surface area contributed by atoms with Crippen molar-refractivity contribution in [3.05, 3.63) is 58.4 Å². The summed E-state index contributed by atoms with van der Waals surface area (Å²) in [6.45, 7) is 6.50. The second-order valence-electron chi connectivity index (χ2n) is 6.30. The molecule has 136 valence electrons. The Kier molecular flexibility index (Phi) is 5.23. The summed E-state index contributed by atoms with van der Waals surface area (Å²) < 4.78 is 5.35. The van der Waals surface area contributed by atoms with Crippen molar-refractivity contribution in [1.82, 2.24) is 4.98 Å². The Hall–Kier alpha value is -2.86. The van der Waals surface area contributed by atoms with Gasteiger partial charge in [-0.3, -0.25) is 4.79 Å². The lowest BCUT2D eigenvalue weighted by Gasteiger charge is -2.28. The Morgan fingerprint density at radius 1 is 1.15 bits per heavy atom. The molecule has 0 bridgehead atoms. The van der Waals surface area contributed by atoms with Crippen LogP contribution in [-0.2, 0) is 4.74 Å². The van der Waals surface area contributed by atoms with Crippen LogP contribution in [0.3, 0.4) is 0 Å². The number of morpholine rings is 1. The Balaban J connectivity index is 1.73. The Morgan fingerprint density at radius 2 is 1.81 bits per heavy atom. The molecule has 1 aliphatic heterocycles. The smallest absolute Gasteiger partial charge is 0.187 e. The van der Waals surface area contributed by atoms with Crippen molar-refractivity contribution in [3.8, 4) is 0 Å². The third-order valence-electron chi connectivity index (χ3n) is 4.58. The van der Waals surface area contributed by atoms with Crippen molar-refractivity contribution >= 4 is 23.5 Å². The second-order valence-corrected chi connectivity index (χ2v) is 6.30. The number of nitrogens with one attached hydrogen (secondary N) is 1. The van der Waals surface area contributed by atoms with Crippen LogP contribution >= 0.6 is 0 Å². The fourth-order valence-corrected chi connectivity index (χ4v) is 3.20. The van der Waals surface area contributed by atoms with Crippen molar-refractivity contribution in [2.45, 2.75) is 13.8 Å². The molecule has 6 heteroatoms. The minimum atomic E-state index is -1.31. The number of carboxylic acid groups (broad SMARTS) is 1. The zero-order chi connectivity index (χ0) is 18.7. The standard InChI is InChI=1S/C20H22N2O4/c1-13-18(14(2)21-19(13)20(24)25)17(23)8-5-15-3-6-16(7-4-15)22-9-11-26-12-10-22/h3-8,21H,9-12H2,1-2H3,(H,24,25)/p-1/b8-5+. The van der Waals surface area contributed by atoms with Crippen molar-refractivity contribution in [2.24, 2.45) is 0 Å². The number of benzene rings is 1. The van der Waals surface area contributed by atoms with Crippen LogP contribution in [0.4, 0.5) is 5.69 Å². The molecule has 1 aromatic carbocycles. The van der Waals surface area contributed by atoms with E-state index in [0.717, 1.165) is 37.6 Å². The zero-order valence-electron chi connectivity index (χ0n) is 14.9. The van der Waals surface area contributed by atoms with Gasteiger partial charge < -0.3 is 24.5 Å². The number of aromatic carboxylic acids is 1. The van der Waals surface area contributed by atoms with Crippen LogP contribution in [0.5, 0.6) is 0 Å². The van der Waals surface area contributed by atoms with Gasteiger partial charge in [0.1, 0.15) is 0 Å². The summed E-state index contributed by atoms with van der Waals surface area (Å²) in [4.78, 5) is 28.5. The number of anilines is 1. The van der Waals surface area contributed by atoms with E-state index in [4.69, 9.17) is 4.74 Å². The van der Waals surface area contributed by atoms with Crippen LogP contribution in [0.25, 0.3) is 6.08 Å². The first-order valence-corrected chi connectivity index (χ1v) is 8.53. The zero-order valence-corrected chi connectivity index (χ0v) is 14.9. The number of aromatic nitrogens is 1. The van der Waals surface area contributed by atoms with Crippen LogP contribution in [0.15, 0.2) is 30.3 Å². The molecule has 1 aromatic heterocycles. The van der Waals surface area contributed by atoms with E-state index in [-0.39, 0.29) is 11.5 Å². The molecule has 3 rings (SSSR count). The van der Waals surface area contributed by atoms with E-state index in [0.29, 0.717) is 16.8 Å². The number of aryl methyl sites for hydroxylation is 1. The van der Waals surface area contributed by atoms with E-state index < -0.39 is 5.97 Å². The summed E-state index contributed by atoms with van der Waals surface area (Å²) in [6.07, 6.45) is 3.20. The van der Waals surface area contributed by atoms with E-state index in [9.17, 15) is 14.7 Å². The quantitative estimate of drug-likeness (QED) is 0.653. The number of H-pyrrole nitrogens is 1. The largest absolute Gasteiger partial charge is 0.543 e. The van der Waals surface area contributed by atoms with Gasteiger partial charge in [-0.25, -0.2) is 0 Å². The molecule has 2 aromatic rings. The number of hydrogen-bond donors (Lipinski definition) is 1. The molecule has 1 N–H and O–H groups in total. The normalized spacial score (nSPS) is 14.8. The van der Waals surface area contributed by atoms with E-state index in [1.165, 1.54) is 6.08 Å². The third kappa shape index (κ3) is 3.70. The second kappa shape index (κ2) is 7.58. The van der Waals surface area contributed by atoms with Gasteiger partial charge in [0.05, 0.1) is 24.9 Å². The van der Waals surface area contributed by atoms with Crippen LogP contribution in [0.2, 0.25) is 0 Å². The number of carboxylic acids is 1. The number of hydrogen-bond acceptors (Lipinski definition) is 5. The van der Waals surface area contributed by atoms with Crippen LogP contribution in [0, 0.1) is 13.8 Å². The summed E-state index contributed by atoms with van der Waals surface area (Å²) >= 11 is 0. The minimum Gasteiger partial charge on any atom is -0.543 e. The molecule has 0 atom stereocenters. The number of allylic oxidation sites excluding steroid dienone is 1. The number of ether oxygens (including phenoxy) is 1. The van der Waals surface area contributed by atoms with Gasteiger partial charge in [0, 0.05) is 30.0 Å². The summed E-state index contributed by atoms with van der Waals surface area (Å²) in [5.41, 5.74) is 3.30. The third-order valence-corrected chi connectivity index (χ3v) is 4.58. The number of aromatic amines is 1. The average molecular weight is 353 g/mol. The predicted molar refractivity (Wildman–Crippen MR) is 97.4 cm³/mol. The number of rotatable bonds is 5. The van der Waals surface area contributed by atoms with Crippen molar-refractivity contribution < 1.29 is 19.4 Å². The lowest BCUT2D eigenvalue weighted by molar-refractivity contribution is -0.255. The molecule has 0 radical (unpaired) electrons. The molecule has 0 amide bonds. The van der Waals surface area contributed by atoms with Crippen molar-refractivity contribution in [1.29, 1.82) is 0 Å². The Labute approximate surface area is 152 Å². The van der Waals surface area contributed by atoms with Gasteiger partial charge in [-0.05, 0) is 43.2 Å². The molecule has 1 fully saturated rings. The molecule has 6 nitrogen and oxygen atoms in total.